The van der Waals surface area contributed by atoms with E-state index in [2.05, 4.69) is 6.92 Å². The van der Waals surface area contributed by atoms with Gasteiger partial charge in [-0.1, -0.05) is 58.3 Å². The molecule has 0 aliphatic carbocycles. The molecule has 1 N–H and O–H groups in total. The fourth-order valence-electron chi connectivity index (χ4n) is 1.71. The van der Waals surface area contributed by atoms with Gasteiger partial charge < -0.3 is 5.11 Å². The topological polar surface area (TPSA) is 37.3 Å². The minimum absolute atomic E-state index is 0.0158. The second kappa shape index (κ2) is 11.7. The van der Waals surface area contributed by atoms with E-state index in [1.165, 1.54) is 44.9 Å². The van der Waals surface area contributed by atoms with Crippen molar-refractivity contribution in [3.05, 3.63) is 0 Å². The summed E-state index contributed by atoms with van der Waals surface area (Å²) >= 11 is 0. The molecule has 0 heterocycles. The maximum Gasteiger partial charge on any atom is 0.158 e. The molecule has 0 aromatic carbocycles. The number of aliphatic hydroxyl groups excluding tert-OH is 1. The summed E-state index contributed by atoms with van der Waals surface area (Å²) in [4.78, 5) is 10.8. The van der Waals surface area contributed by atoms with E-state index in [4.69, 9.17) is 5.11 Å². The van der Waals surface area contributed by atoms with Crippen molar-refractivity contribution < 1.29 is 9.90 Å². The number of hydrogen-bond acceptors (Lipinski definition) is 2. The zero-order valence-electron chi connectivity index (χ0n) is 10.1. The van der Waals surface area contributed by atoms with E-state index in [-0.39, 0.29) is 12.4 Å². The van der Waals surface area contributed by atoms with Crippen LogP contribution in [0.15, 0.2) is 0 Å². The Hall–Kier alpha value is -0.370. The van der Waals surface area contributed by atoms with Crippen molar-refractivity contribution in [1.82, 2.24) is 0 Å². The van der Waals surface area contributed by atoms with Crippen LogP contribution < -0.4 is 0 Å². The quantitative estimate of drug-likeness (QED) is 0.535. The molecule has 0 saturated heterocycles. The van der Waals surface area contributed by atoms with Crippen LogP contribution in [0, 0.1) is 0 Å². The summed E-state index contributed by atoms with van der Waals surface area (Å²) in [6, 6.07) is 0. The number of hydrogen-bond donors (Lipinski definition) is 1. The molecule has 0 saturated carbocycles. The largest absolute Gasteiger partial charge is 0.389 e. The lowest BCUT2D eigenvalue weighted by atomic mass is 10.1. The van der Waals surface area contributed by atoms with Crippen molar-refractivity contribution >= 4 is 5.78 Å². The number of rotatable bonds is 11. The third-order valence-electron chi connectivity index (χ3n) is 2.74. The molecule has 0 atom stereocenters. The first-order valence-corrected chi connectivity index (χ1v) is 6.43. The summed E-state index contributed by atoms with van der Waals surface area (Å²) in [6.45, 7) is 1.95. The van der Waals surface area contributed by atoms with E-state index in [1.54, 1.807) is 0 Å². The number of unbranched alkanes of at least 4 members (excludes halogenated alkanes) is 8. The molecular formula is C13H26O2. The van der Waals surface area contributed by atoms with Gasteiger partial charge in [0, 0.05) is 6.42 Å². The molecule has 0 aliphatic rings. The highest BCUT2D eigenvalue weighted by Crippen LogP contribution is 2.10. The minimum atomic E-state index is -0.281. The Labute approximate surface area is 94.1 Å². The monoisotopic (exact) mass is 214 g/mol. The molecule has 90 valence electrons. The third kappa shape index (κ3) is 11.6. The Kier molecular flexibility index (Phi) is 11.4. The van der Waals surface area contributed by atoms with Gasteiger partial charge in [0.2, 0.25) is 0 Å². The highest BCUT2D eigenvalue weighted by atomic mass is 16.3. The third-order valence-corrected chi connectivity index (χ3v) is 2.74. The van der Waals surface area contributed by atoms with Crippen LogP contribution in [0.25, 0.3) is 0 Å². The van der Waals surface area contributed by atoms with Gasteiger partial charge in [-0.25, -0.2) is 0 Å². The van der Waals surface area contributed by atoms with Gasteiger partial charge in [-0.2, -0.15) is 0 Å². The molecule has 0 radical (unpaired) electrons. The Bertz CT molecular complexity index is 143. The van der Waals surface area contributed by atoms with Crippen LogP contribution in [-0.2, 0) is 4.79 Å². The molecule has 0 rings (SSSR count). The number of aliphatic hydroxyl groups is 1. The maximum atomic E-state index is 10.8. The standard InChI is InChI=1S/C13H26O2/c1-2-3-4-5-6-7-8-9-10-11-13(15)12-14/h14H,2-12H2,1H3. The van der Waals surface area contributed by atoms with Crippen LogP contribution >= 0.6 is 0 Å². The Balaban J connectivity index is 2.95. The van der Waals surface area contributed by atoms with E-state index in [0.29, 0.717) is 6.42 Å². The van der Waals surface area contributed by atoms with Crippen LogP contribution in [-0.4, -0.2) is 17.5 Å². The van der Waals surface area contributed by atoms with Gasteiger partial charge in [0.1, 0.15) is 6.61 Å². The van der Waals surface area contributed by atoms with Gasteiger partial charge in [-0.3, -0.25) is 4.79 Å². The molecule has 0 aromatic rings. The van der Waals surface area contributed by atoms with E-state index in [1.807, 2.05) is 0 Å². The average molecular weight is 214 g/mol. The van der Waals surface area contributed by atoms with E-state index in [0.717, 1.165) is 12.8 Å². The van der Waals surface area contributed by atoms with Crippen molar-refractivity contribution in [2.75, 3.05) is 6.61 Å². The molecule has 0 amide bonds. The smallest absolute Gasteiger partial charge is 0.158 e. The first-order valence-electron chi connectivity index (χ1n) is 6.43. The second-order valence-corrected chi connectivity index (χ2v) is 4.28. The predicted molar refractivity (Wildman–Crippen MR) is 63.9 cm³/mol. The van der Waals surface area contributed by atoms with Crippen molar-refractivity contribution in [2.24, 2.45) is 0 Å². The van der Waals surface area contributed by atoms with Crippen LogP contribution in [0.3, 0.4) is 0 Å². The fraction of sp³-hybridized carbons (Fsp3) is 0.923. The summed E-state index contributed by atoms with van der Waals surface area (Å²) in [5.74, 6) is -0.0158. The van der Waals surface area contributed by atoms with Crippen LogP contribution in [0.5, 0.6) is 0 Å². The minimum Gasteiger partial charge on any atom is -0.389 e. The van der Waals surface area contributed by atoms with Crippen LogP contribution in [0.2, 0.25) is 0 Å². The van der Waals surface area contributed by atoms with Crippen LogP contribution in [0.4, 0.5) is 0 Å². The van der Waals surface area contributed by atoms with E-state index in [9.17, 15) is 4.79 Å². The molecule has 0 spiro atoms. The summed E-state index contributed by atoms with van der Waals surface area (Å²) in [5.41, 5.74) is 0. The molecular weight excluding hydrogens is 188 g/mol. The van der Waals surface area contributed by atoms with Gasteiger partial charge in [-0.15, -0.1) is 0 Å². The number of ketones is 1. The van der Waals surface area contributed by atoms with Gasteiger partial charge >= 0.3 is 0 Å². The van der Waals surface area contributed by atoms with Crippen molar-refractivity contribution in [1.29, 1.82) is 0 Å². The highest BCUT2D eigenvalue weighted by Gasteiger charge is 1.98. The fourth-order valence-corrected chi connectivity index (χ4v) is 1.71. The molecule has 0 aliphatic heterocycles. The summed E-state index contributed by atoms with van der Waals surface area (Å²) in [7, 11) is 0. The molecule has 2 nitrogen and oxygen atoms in total. The summed E-state index contributed by atoms with van der Waals surface area (Å²) in [5, 5.41) is 8.51. The first kappa shape index (κ1) is 14.6. The number of Topliss-reactive ketones (excluding diaryl/α,β-unsaturated/α-hetero) is 1. The SMILES string of the molecule is CCCCCCCCCCCC(=O)CO. The molecule has 0 fully saturated rings. The lowest BCUT2D eigenvalue weighted by molar-refractivity contribution is -0.121. The Morgan fingerprint density at radius 3 is 1.80 bits per heavy atom. The van der Waals surface area contributed by atoms with Crippen molar-refractivity contribution in [2.45, 2.75) is 71.1 Å². The Morgan fingerprint density at radius 1 is 0.867 bits per heavy atom. The van der Waals surface area contributed by atoms with Crippen molar-refractivity contribution in [3.63, 3.8) is 0 Å². The predicted octanol–water partition coefficient (Wildman–Crippen LogP) is 3.47. The molecule has 15 heavy (non-hydrogen) atoms. The zero-order valence-corrected chi connectivity index (χ0v) is 10.1. The van der Waals surface area contributed by atoms with Gasteiger partial charge in [0.05, 0.1) is 0 Å². The molecule has 0 bridgehead atoms. The normalized spacial score (nSPS) is 10.5. The summed E-state index contributed by atoms with van der Waals surface area (Å²) < 4.78 is 0. The summed E-state index contributed by atoms with van der Waals surface area (Å²) in [6.07, 6.45) is 12.0. The molecule has 0 aromatic heterocycles. The molecule has 0 unspecified atom stereocenters. The van der Waals surface area contributed by atoms with Gasteiger partial charge in [-0.05, 0) is 6.42 Å². The van der Waals surface area contributed by atoms with E-state index < -0.39 is 0 Å². The van der Waals surface area contributed by atoms with Crippen LogP contribution in [0.1, 0.15) is 71.1 Å². The average Bonchev–Trinajstić information content (AvgIpc) is 2.26. The molecule has 2 heteroatoms. The van der Waals surface area contributed by atoms with Gasteiger partial charge in [0.25, 0.3) is 0 Å². The number of carbonyl (C=O) groups excluding carboxylic acids is 1. The highest BCUT2D eigenvalue weighted by molar-refractivity contribution is 5.79. The first-order chi connectivity index (χ1) is 7.31. The second-order valence-electron chi connectivity index (χ2n) is 4.28. The van der Waals surface area contributed by atoms with Gasteiger partial charge in [0.15, 0.2) is 5.78 Å². The lowest BCUT2D eigenvalue weighted by Crippen LogP contribution is -2.02. The van der Waals surface area contributed by atoms with Crippen molar-refractivity contribution in [3.8, 4) is 0 Å². The van der Waals surface area contributed by atoms with E-state index >= 15 is 0 Å². The maximum absolute atomic E-state index is 10.8. The zero-order chi connectivity index (χ0) is 11.4. The Morgan fingerprint density at radius 2 is 1.33 bits per heavy atom. The lowest BCUT2D eigenvalue weighted by Gasteiger charge is -2.01. The number of carbonyl (C=O) groups is 1.